The number of nitrogens with zero attached hydrogens (tertiary/aromatic N) is 2. The molecule has 5 nitrogen and oxygen atoms in total. The molecular weight excluding hydrogens is 274 g/mol. The average Bonchev–Trinajstić information content (AvgIpc) is 3.09. The third-order valence-corrected chi connectivity index (χ3v) is 4.29. The van der Waals surface area contributed by atoms with E-state index in [1.54, 1.807) is 12.4 Å². The Labute approximate surface area is 121 Å². The van der Waals surface area contributed by atoms with E-state index in [1.807, 2.05) is 19.1 Å². The molecule has 0 bridgehead atoms. The van der Waals surface area contributed by atoms with E-state index in [4.69, 9.17) is 4.74 Å². The van der Waals surface area contributed by atoms with E-state index < -0.39 is 0 Å². The third kappa shape index (κ3) is 2.71. The van der Waals surface area contributed by atoms with Crippen molar-refractivity contribution in [2.24, 2.45) is 0 Å². The number of carbonyl (C=O) groups excluding carboxylic acids is 1. The quantitative estimate of drug-likeness (QED) is 0.943. The van der Waals surface area contributed by atoms with Crippen LogP contribution in [0, 0.1) is 6.92 Å². The van der Waals surface area contributed by atoms with Gasteiger partial charge in [-0.3, -0.25) is 15.1 Å². The van der Waals surface area contributed by atoms with E-state index in [-0.39, 0.29) is 12.0 Å². The predicted octanol–water partition coefficient (Wildman–Crippen LogP) is 2.63. The van der Waals surface area contributed by atoms with Crippen molar-refractivity contribution < 1.29 is 9.53 Å². The molecular formula is C14H15N3O2S. The van der Waals surface area contributed by atoms with E-state index in [2.05, 4.69) is 15.3 Å². The number of rotatable bonds is 3. The molecule has 20 heavy (non-hydrogen) atoms. The van der Waals surface area contributed by atoms with Gasteiger partial charge in [0.25, 0.3) is 5.91 Å². The van der Waals surface area contributed by atoms with Gasteiger partial charge in [-0.1, -0.05) is 17.4 Å². The highest BCUT2D eigenvalue weighted by atomic mass is 32.1. The maximum Gasteiger partial charge on any atom is 0.255 e. The van der Waals surface area contributed by atoms with Gasteiger partial charge in [-0.05, 0) is 25.8 Å². The average molecular weight is 289 g/mol. The molecule has 2 aromatic heterocycles. The summed E-state index contributed by atoms with van der Waals surface area (Å²) in [6, 6.07) is 3.87. The lowest BCUT2D eigenvalue weighted by Crippen LogP contribution is -2.26. The molecule has 0 spiro atoms. The van der Waals surface area contributed by atoms with Crippen LogP contribution in [-0.4, -0.2) is 28.6 Å². The minimum Gasteiger partial charge on any atom is -0.368 e. The van der Waals surface area contributed by atoms with E-state index in [1.165, 1.54) is 11.3 Å². The monoisotopic (exact) mass is 289 g/mol. The first-order valence-electron chi connectivity index (χ1n) is 6.54. The summed E-state index contributed by atoms with van der Waals surface area (Å²) in [6.45, 7) is 2.59. The molecule has 0 aromatic carbocycles. The molecule has 1 saturated heterocycles. The number of aryl methyl sites for hydroxylation is 1. The van der Waals surface area contributed by atoms with Crippen LogP contribution >= 0.6 is 11.3 Å². The lowest BCUT2D eigenvalue weighted by atomic mass is 10.2. The Kier molecular flexibility index (Phi) is 3.75. The molecule has 1 amide bonds. The SMILES string of the molecule is Cc1nc(NC(=O)C2CCCO2)sc1-c1cccnc1. The van der Waals surface area contributed by atoms with Gasteiger partial charge in [0.15, 0.2) is 5.13 Å². The summed E-state index contributed by atoms with van der Waals surface area (Å²) in [5, 5.41) is 3.45. The molecule has 0 radical (unpaired) electrons. The maximum atomic E-state index is 12.0. The largest absolute Gasteiger partial charge is 0.368 e. The Bertz CT molecular complexity index is 606. The number of hydrogen-bond acceptors (Lipinski definition) is 5. The Morgan fingerprint density at radius 1 is 1.55 bits per heavy atom. The normalized spacial score (nSPS) is 18.1. The van der Waals surface area contributed by atoms with Crippen molar-refractivity contribution in [1.29, 1.82) is 0 Å². The third-order valence-electron chi connectivity index (χ3n) is 3.17. The van der Waals surface area contributed by atoms with Crippen LogP contribution in [0.5, 0.6) is 0 Å². The number of ether oxygens (including phenoxy) is 1. The van der Waals surface area contributed by atoms with E-state index in [9.17, 15) is 4.79 Å². The molecule has 1 aliphatic rings. The molecule has 3 rings (SSSR count). The summed E-state index contributed by atoms with van der Waals surface area (Å²) in [5.41, 5.74) is 1.91. The molecule has 2 aromatic rings. The standard InChI is InChI=1S/C14H15N3O2S/c1-9-12(10-4-2-6-15-8-10)20-14(16-9)17-13(18)11-5-3-7-19-11/h2,4,6,8,11H,3,5,7H2,1H3,(H,16,17,18). The van der Waals surface area contributed by atoms with Crippen LogP contribution in [-0.2, 0) is 9.53 Å². The Hall–Kier alpha value is -1.79. The first kappa shape index (κ1) is 13.2. The zero-order valence-electron chi connectivity index (χ0n) is 11.1. The van der Waals surface area contributed by atoms with Crippen LogP contribution < -0.4 is 5.32 Å². The predicted molar refractivity (Wildman–Crippen MR) is 77.7 cm³/mol. The molecule has 104 valence electrons. The first-order valence-corrected chi connectivity index (χ1v) is 7.36. The van der Waals surface area contributed by atoms with Crippen molar-refractivity contribution in [3.63, 3.8) is 0 Å². The van der Waals surface area contributed by atoms with Gasteiger partial charge >= 0.3 is 0 Å². The lowest BCUT2D eigenvalue weighted by molar-refractivity contribution is -0.124. The molecule has 1 atom stereocenters. The topological polar surface area (TPSA) is 64.1 Å². The van der Waals surface area contributed by atoms with Gasteiger partial charge < -0.3 is 4.74 Å². The fourth-order valence-corrected chi connectivity index (χ4v) is 3.14. The number of hydrogen-bond donors (Lipinski definition) is 1. The molecule has 3 heterocycles. The van der Waals surface area contributed by atoms with E-state index in [0.29, 0.717) is 11.7 Å². The van der Waals surface area contributed by atoms with Crippen molar-refractivity contribution >= 4 is 22.4 Å². The van der Waals surface area contributed by atoms with Crippen molar-refractivity contribution in [2.45, 2.75) is 25.9 Å². The Balaban J connectivity index is 1.77. The first-order chi connectivity index (χ1) is 9.74. The Morgan fingerprint density at radius 3 is 3.15 bits per heavy atom. The summed E-state index contributed by atoms with van der Waals surface area (Å²) < 4.78 is 5.36. The smallest absolute Gasteiger partial charge is 0.255 e. The number of nitrogens with one attached hydrogen (secondary N) is 1. The number of aromatic nitrogens is 2. The summed E-state index contributed by atoms with van der Waals surface area (Å²) in [5.74, 6) is -0.103. The van der Waals surface area contributed by atoms with E-state index >= 15 is 0 Å². The van der Waals surface area contributed by atoms with Crippen molar-refractivity contribution in [3.8, 4) is 10.4 Å². The van der Waals surface area contributed by atoms with Crippen LogP contribution in [0.15, 0.2) is 24.5 Å². The second-order valence-corrected chi connectivity index (χ2v) is 5.67. The van der Waals surface area contributed by atoms with Crippen LogP contribution in [0.1, 0.15) is 18.5 Å². The number of pyridine rings is 1. The highest BCUT2D eigenvalue weighted by molar-refractivity contribution is 7.19. The minimum atomic E-state index is -0.332. The number of anilines is 1. The van der Waals surface area contributed by atoms with Gasteiger partial charge in [0.1, 0.15) is 6.10 Å². The highest BCUT2D eigenvalue weighted by Crippen LogP contribution is 2.32. The molecule has 6 heteroatoms. The fourth-order valence-electron chi connectivity index (χ4n) is 2.19. The number of carbonyl (C=O) groups is 1. The summed E-state index contributed by atoms with van der Waals surface area (Å²) in [6.07, 6.45) is 4.93. The molecule has 0 saturated carbocycles. The van der Waals surface area contributed by atoms with Gasteiger partial charge in [0.2, 0.25) is 0 Å². The van der Waals surface area contributed by atoms with Crippen molar-refractivity contribution in [2.75, 3.05) is 11.9 Å². The highest BCUT2D eigenvalue weighted by Gasteiger charge is 2.24. The summed E-state index contributed by atoms with van der Waals surface area (Å²) in [7, 11) is 0. The van der Waals surface area contributed by atoms with Crippen molar-refractivity contribution in [1.82, 2.24) is 9.97 Å². The van der Waals surface area contributed by atoms with Crippen LogP contribution in [0.4, 0.5) is 5.13 Å². The van der Waals surface area contributed by atoms with Gasteiger partial charge in [-0.2, -0.15) is 0 Å². The minimum absolute atomic E-state index is 0.103. The zero-order valence-corrected chi connectivity index (χ0v) is 11.9. The molecule has 0 aliphatic carbocycles. The maximum absolute atomic E-state index is 12.0. The second kappa shape index (κ2) is 5.68. The van der Waals surface area contributed by atoms with E-state index in [0.717, 1.165) is 29.0 Å². The molecule has 1 fully saturated rings. The number of thiazole rings is 1. The summed E-state index contributed by atoms with van der Waals surface area (Å²) >= 11 is 1.46. The van der Waals surface area contributed by atoms with Crippen LogP contribution in [0.2, 0.25) is 0 Å². The van der Waals surface area contributed by atoms with Crippen LogP contribution in [0.25, 0.3) is 10.4 Å². The molecule has 1 N–H and O–H groups in total. The van der Waals surface area contributed by atoms with Crippen molar-refractivity contribution in [3.05, 3.63) is 30.2 Å². The lowest BCUT2D eigenvalue weighted by Gasteiger charge is -2.07. The number of amides is 1. The second-order valence-electron chi connectivity index (χ2n) is 4.67. The van der Waals surface area contributed by atoms with Gasteiger partial charge in [-0.15, -0.1) is 0 Å². The van der Waals surface area contributed by atoms with Gasteiger partial charge in [0, 0.05) is 24.6 Å². The molecule has 1 unspecified atom stereocenters. The van der Waals surface area contributed by atoms with Crippen LogP contribution in [0.3, 0.4) is 0 Å². The Morgan fingerprint density at radius 2 is 2.45 bits per heavy atom. The van der Waals surface area contributed by atoms with Gasteiger partial charge in [0.05, 0.1) is 10.6 Å². The summed E-state index contributed by atoms with van der Waals surface area (Å²) in [4.78, 5) is 21.5. The zero-order chi connectivity index (χ0) is 13.9. The van der Waals surface area contributed by atoms with Gasteiger partial charge in [-0.25, -0.2) is 4.98 Å². The fraction of sp³-hybridized carbons (Fsp3) is 0.357. The molecule has 1 aliphatic heterocycles.